The van der Waals surface area contributed by atoms with Crippen LogP contribution in [0.15, 0.2) is 47.2 Å². The van der Waals surface area contributed by atoms with Crippen LogP contribution in [0.25, 0.3) is 0 Å². The molecule has 2 heterocycles. The maximum atomic E-state index is 12.1. The predicted molar refractivity (Wildman–Crippen MR) is 97.2 cm³/mol. The number of carbonyl (C=O) groups is 1. The number of benzene rings is 1. The van der Waals surface area contributed by atoms with Crippen LogP contribution in [0.2, 0.25) is 0 Å². The Morgan fingerprint density at radius 3 is 2.83 bits per heavy atom. The molecule has 0 aliphatic carbocycles. The molecule has 0 bridgehead atoms. The SMILES string of the molecule is CN1CC(Cc2ccsc2)CC(NC(=O)OCc2ccccc2)C1. The summed E-state index contributed by atoms with van der Waals surface area (Å²) < 4.78 is 5.34. The maximum absolute atomic E-state index is 12.1. The Bertz CT molecular complexity index is 630. The normalized spacial score (nSPS) is 21.4. The summed E-state index contributed by atoms with van der Waals surface area (Å²) in [5, 5.41) is 7.37. The molecule has 3 rings (SSSR count). The van der Waals surface area contributed by atoms with E-state index >= 15 is 0 Å². The molecule has 5 heteroatoms. The lowest BCUT2D eigenvalue weighted by molar-refractivity contribution is 0.118. The van der Waals surface area contributed by atoms with Crippen molar-refractivity contribution in [2.24, 2.45) is 5.92 Å². The highest BCUT2D eigenvalue weighted by molar-refractivity contribution is 7.07. The molecule has 2 unspecified atom stereocenters. The molecule has 1 aliphatic heterocycles. The molecule has 1 aromatic heterocycles. The highest BCUT2D eigenvalue weighted by Crippen LogP contribution is 2.21. The van der Waals surface area contributed by atoms with Crippen LogP contribution in [0.1, 0.15) is 17.5 Å². The molecule has 1 aromatic carbocycles. The van der Waals surface area contributed by atoms with Gasteiger partial charge in [0.2, 0.25) is 0 Å². The Morgan fingerprint density at radius 2 is 2.08 bits per heavy atom. The predicted octanol–water partition coefficient (Wildman–Crippen LogP) is 3.54. The number of thiophene rings is 1. The van der Waals surface area contributed by atoms with Crippen molar-refractivity contribution >= 4 is 17.4 Å². The number of amides is 1. The van der Waals surface area contributed by atoms with Crippen molar-refractivity contribution in [1.82, 2.24) is 10.2 Å². The first kappa shape index (κ1) is 17.0. The number of hydrogen-bond acceptors (Lipinski definition) is 4. The second-order valence-electron chi connectivity index (χ2n) is 6.56. The van der Waals surface area contributed by atoms with Gasteiger partial charge in [0.05, 0.1) is 0 Å². The lowest BCUT2D eigenvalue weighted by Gasteiger charge is -2.35. The first-order valence-corrected chi connectivity index (χ1v) is 9.30. The van der Waals surface area contributed by atoms with E-state index in [-0.39, 0.29) is 12.1 Å². The number of piperidine rings is 1. The van der Waals surface area contributed by atoms with Gasteiger partial charge < -0.3 is 15.0 Å². The molecule has 4 nitrogen and oxygen atoms in total. The molecule has 0 spiro atoms. The molecule has 1 amide bonds. The average Bonchev–Trinajstić information content (AvgIpc) is 3.06. The third-order valence-corrected chi connectivity index (χ3v) is 5.09. The zero-order valence-electron chi connectivity index (χ0n) is 14.0. The van der Waals surface area contributed by atoms with Gasteiger partial charge in [-0.3, -0.25) is 0 Å². The Hall–Kier alpha value is -1.85. The van der Waals surface area contributed by atoms with Gasteiger partial charge in [-0.1, -0.05) is 30.3 Å². The minimum absolute atomic E-state index is 0.149. The van der Waals surface area contributed by atoms with Crippen molar-refractivity contribution in [3.63, 3.8) is 0 Å². The molecule has 128 valence electrons. The van der Waals surface area contributed by atoms with Gasteiger partial charge in [-0.05, 0) is 53.8 Å². The fourth-order valence-electron chi connectivity index (χ4n) is 3.37. The van der Waals surface area contributed by atoms with Crippen LogP contribution in [0.3, 0.4) is 0 Å². The minimum atomic E-state index is -0.326. The summed E-state index contributed by atoms with van der Waals surface area (Å²) in [6.07, 6.45) is 1.75. The Kier molecular flexibility index (Phi) is 5.88. The number of rotatable bonds is 5. The molecule has 24 heavy (non-hydrogen) atoms. The second kappa shape index (κ2) is 8.31. The molecule has 1 saturated heterocycles. The van der Waals surface area contributed by atoms with Crippen molar-refractivity contribution in [1.29, 1.82) is 0 Å². The summed E-state index contributed by atoms with van der Waals surface area (Å²) in [4.78, 5) is 14.4. The Morgan fingerprint density at radius 1 is 1.25 bits per heavy atom. The molecule has 1 fully saturated rings. The topological polar surface area (TPSA) is 41.6 Å². The Labute approximate surface area is 147 Å². The van der Waals surface area contributed by atoms with Gasteiger partial charge in [0.25, 0.3) is 0 Å². The van der Waals surface area contributed by atoms with E-state index in [9.17, 15) is 4.79 Å². The standard InChI is InChI=1S/C19H24N2O2S/c1-21-11-17(9-16-7-8-24-14-16)10-18(12-21)20-19(22)23-13-15-5-3-2-4-6-15/h2-8,14,17-18H,9-13H2,1H3,(H,20,22). The summed E-state index contributed by atoms with van der Waals surface area (Å²) in [6, 6.07) is 12.1. The molecular weight excluding hydrogens is 320 g/mol. The van der Waals surface area contributed by atoms with Crippen LogP contribution in [0.5, 0.6) is 0 Å². The summed E-state index contributed by atoms with van der Waals surface area (Å²) in [7, 11) is 2.11. The fourth-order valence-corrected chi connectivity index (χ4v) is 4.05. The number of nitrogens with zero attached hydrogens (tertiary/aromatic N) is 1. The zero-order chi connectivity index (χ0) is 16.8. The van der Waals surface area contributed by atoms with E-state index in [0.29, 0.717) is 12.5 Å². The third-order valence-electron chi connectivity index (χ3n) is 4.36. The van der Waals surface area contributed by atoms with E-state index in [4.69, 9.17) is 4.74 Å². The number of likely N-dealkylation sites (tertiary alicyclic amines) is 1. The minimum Gasteiger partial charge on any atom is -0.445 e. The summed E-state index contributed by atoms with van der Waals surface area (Å²) in [6.45, 7) is 2.27. The van der Waals surface area contributed by atoms with Gasteiger partial charge >= 0.3 is 6.09 Å². The van der Waals surface area contributed by atoms with Crippen LogP contribution in [-0.2, 0) is 17.8 Å². The smallest absolute Gasteiger partial charge is 0.407 e. The van der Waals surface area contributed by atoms with Crippen molar-refractivity contribution in [3.8, 4) is 0 Å². The van der Waals surface area contributed by atoms with Crippen LogP contribution in [0, 0.1) is 5.92 Å². The number of alkyl carbamates (subject to hydrolysis) is 1. The molecular formula is C19H24N2O2S. The second-order valence-corrected chi connectivity index (χ2v) is 7.34. The maximum Gasteiger partial charge on any atom is 0.407 e. The average molecular weight is 344 g/mol. The fraction of sp³-hybridized carbons (Fsp3) is 0.421. The van der Waals surface area contributed by atoms with Gasteiger partial charge in [-0.2, -0.15) is 11.3 Å². The van der Waals surface area contributed by atoms with Crippen LogP contribution in [0.4, 0.5) is 4.79 Å². The zero-order valence-corrected chi connectivity index (χ0v) is 14.8. The highest BCUT2D eigenvalue weighted by atomic mass is 32.1. The largest absolute Gasteiger partial charge is 0.445 e. The molecule has 2 aromatic rings. The lowest BCUT2D eigenvalue weighted by Crippen LogP contribution is -2.49. The molecule has 1 aliphatic rings. The number of likely N-dealkylation sites (N-methyl/N-ethyl adjacent to an activating group) is 1. The van der Waals surface area contributed by atoms with Crippen molar-refractivity contribution in [2.45, 2.75) is 25.5 Å². The number of ether oxygens (including phenoxy) is 1. The highest BCUT2D eigenvalue weighted by Gasteiger charge is 2.27. The molecule has 2 atom stereocenters. The Balaban J connectivity index is 1.47. The number of carbonyl (C=O) groups excluding carboxylic acids is 1. The summed E-state index contributed by atoms with van der Waals surface area (Å²) >= 11 is 1.74. The van der Waals surface area contributed by atoms with Gasteiger partial charge in [0.15, 0.2) is 0 Å². The van der Waals surface area contributed by atoms with E-state index in [1.165, 1.54) is 5.56 Å². The van der Waals surface area contributed by atoms with Gasteiger partial charge in [-0.25, -0.2) is 4.79 Å². The van der Waals surface area contributed by atoms with Gasteiger partial charge in [0, 0.05) is 19.1 Å². The monoisotopic (exact) mass is 344 g/mol. The van der Waals surface area contributed by atoms with Crippen LogP contribution >= 0.6 is 11.3 Å². The molecule has 1 N–H and O–H groups in total. The van der Waals surface area contributed by atoms with E-state index in [1.807, 2.05) is 30.3 Å². The lowest BCUT2D eigenvalue weighted by atomic mass is 9.90. The molecule has 0 radical (unpaired) electrons. The number of hydrogen-bond donors (Lipinski definition) is 1. The summed E-state index contributed by atoms with van der Waals surface area (Å²) in [5.74, 6) is 0.567. The van der Waals surface area contributed by atoms with E-state index in [0.717, 1.165) is 31.5 Å². The van der Waals surface area contributed by atoms with Crippen LogP contribution < -0.4 is 5.32 Å². The van der Waals surface area contributed by atoms with Crippen molar-refractivity contribution in [3.05, 3.63) is 58.3 Å². The summed E-state index contributed by atoms with van der Waals surface area (Å²) in [5.41, 5.74) is 2.40. The van der Waals surface area contributed by atoms with Gasteiger partial charge in [0.1, 0.15) is 6.61 Å². The first-order valence-electron chi connectivity index (χ1n) is 8.36. The quantitative estimate of drug-likeness (QED) is 0.902. The molecule has 0 saturated carbocycles. The number of nitrogens with one attached hydrogen (secondary N) is 1. The third kappa shape index (κ3) is 5.08. The van der Waals surface area contributed by atoms with Crippen molar-refractivity contribution < 1.29 is 9.53 Å². The first-order chi connectivity index (χ1) is 11.7. The van der Waals surface area contributed by atoms with Crippen molar-refractivity contribution in [2.75, 3.05) is 20.1 Å². The van der Waals surface area contributed by atoms with E-state index in [2.05, 4.69) is 34.1 Å². The van der Waals surface area contributed by atoms with Crippen LogP contribution in [-0.4, -0.2) is 37.2 Å². The van der Waals surface area contributed by atoms with E-state index in [1.54, 1.807) is 11.3 Å². The van der Waals surface area contributed by atoms with E-state index < -0.39 is 0 Å². The van der Waals surface area contributed by atoms with Gasteiger partial charge in [-0.15, -0.1) is 0 Å².